The van der Waals surface area contributed by atoms with Crippen molar-refractivity contribution in [2.75, 3.05) is 13.1 Å². The molecular weight excluding hydrogens is 618 g/mol. The molecule has 1 spiro atoms. The largest absolute Gasteiger partial charge is 0.459 e. The molecule has 0 radical (unpaired) electrons. The van der Waals surface area contributed by atoms with Crippen LogP contribution in [0.4, 0.5) is 0 Å². The summed E-state index contributed by atoms with van der Waals surface area (Å²) < 4.78 is 19.0. The molecule has 7 rings (SSSR count). The Balaban J connectivity index is 1.34. The average molecular weight is 678 g/mol. The molecule has 3 aliphatic heterocycles. The van der Waals surface area contributed by atoms with E-state index in [0.717, 1.165) is 6.42 Å². The molecule has 11 heteroatoms. The van der Waals surface area contributed by atoms with Crippen LogP contribution in [0.25, 0.3) is 0 Å². The van der Waals surface area contributed by atoms with Gasteiger partial charge in [-0.05, 0) is 64.2 Å². The molecule has 2 unspecified atom stereocenters. The molecule has 3 saturated heterocycles. The number of rotatable bonds is 6. The van der Waals surface area contributed by atoms with Gasteiger partial charge in [-0.2, -0.15) is 0 Å². The van der Waals surface area contributed by atoms with E-state index in [9.17, 15) is 35.1 Å². The van der Waals surface area contributed by atoms with Crippen molar-refractivity contribution in [3.05, 3.63) is 0 Å². The van der Waals surface area contributed by atoms with Gasteiger partial charge in [0.2, 0.25) is 5.79 Å². The summed E-state index contributed by atoms with van der Waals surface area (Å²) in [6, 6.07) is -0.429. The van der Waals surface area contributed by atoms with Gasteiger partial charge in [-0.3, -0.25) is 14.5 Å². The van der Waals surface area contributed by atoms with E-state index in [1.165, 1.54) is 0 Å². The quantitative estimate of drug-likeness (QED) is 0.263. The fraction of sp³-hybridized carbons (Fsp3) is 0.946. The van der Waals surface area contributed by atoms with Crippen molar-refractivity contribution in [2.24, 2.45) is 40.9 Å². The fourth-order valence-electron chi connectivity index (χ4n) is 12.4. The summed E-state index contributed by atoms with van der Waals surface area (Å²) in [6.07, 6.45) is 1.90. The molecule has 7 aliphatic rings. The van der Waals surface area contributed by atoms with Crippen LogP contribution in [0, 0.1) is 40.9 Å². The molecule has 7 fully saturated rings. The van der Waals surface area contributed by atoms with E-state index in [4.69, 9.17) is 14.2 Å². The van der Waals surface area contributed by atoms with Crippen LogP contribution in [0.2, 0.25) is 0 Å². The fourth-order valence-corrected chi connectivity index (χ4v) is 12.4. The Morgan fingerprint density at radius 2 is 1.42 bits per heavy atom. The summed E-state index contributed by atoms with van der Waals surface area (Å²) in [5.74, 6) is -5.36. The molecule has 5 N–H and O–H groups in total. The van der Waals surface area contributed by atoms with Gasteiger partial charge in [0.1, 0.15) is 28.5 Å². The van der Waals surface area contributed by atoms with Gasteiger partial charge in [-0.1, -0.05) is 41.5 Å². The second kappa shape index (κ2) is 10.8. The number of carbonyl (C=O) groups is 2. The first kappa shape index (κ1) is 35.1. The van der Waals surface area contributed by atoms with Crippen LogP contribution < -0.4 is 0 Å². The highest BCUT2D eigenvalue weighted by molar-refractivity contribution is 5.72. The summed E-state index contributed by atoms with van der Waals surface area (Å²) in [5, 5.41) is 64.5. The van der Waals surface area contributed by atoms with Gasteiger partial charge in [-0.15, -0.1) is 0 Å². The third-order valence-corrected chi connectivity index (χ3v) is 15.6. The zero-order valence-corrected chi connectivity index (χ0v) is 29.9. The van der Waals surface area contributed by atoms with Gasteiger partial charge in [0.05, 0.1) is 17.4 Å². The standard InChI is InChI=1S/C37H59NO10/c1-8-21(4)29(39)46-27-14-15-31(6)23-11-12-24-33(42)16-28(47-30(40)22(5)9-2)36(44)25(34(33,43)19-35(24,31)48-37(23,27)45)18-38-17-20(3)10-13-26(38)32(36,7)41/h20-28,41-45H,8-19H2,1-7H3/t20-,21?,22?,23-,24-,25-,26-,27-,28-,31-,32+,33+,34+,35+,36-,37-/m0/s1. The number of nitrogens with zero attached hydrogens (tertiary/aromatic N) is 1. The summed E-state index contributed by atoms with van der Waals surface area (Å²) in [6.45, 7) is 14.0. The molecule has 0 aromatic carbocycles. The van der Waals surface area contributed by atoms with Gasteiger partial charge in [0, 0.05) is 55.1 Å². The minimum atomic E-state index is -2.08. The summed E-state index contributed by atoms with van der Waals surface area (Å²) in [5.41, 5.74) is -9.62. The lowest BCUT2D eigenvalue weighted by molar-refractivity contribution is -0.355. The maximum Gasteiger partial charge on any atom is 0.309 e. The van der Waals surface area contributed by atoms with Crippen LogP contribution in [0.3, 0.4) is 0 Å². The Kier molecular flexibility index (Phi) is 7.92. The SMILES string of the molecule is CCC(C)C(=O)O[C@H]1CC[C@@]2(C)[C@@H]3CC[C@H]4[C@]5(O)C[C@H](OC(=O)C(C)CC)[C@@]6(O)[C@@H](CN7C[C@@H](C)CC[C@H]7[C@@]6(C)O)[C@]5(O)C[C@@]42O[C@]13O. The zero-order chi connectivity index (χ0) is 35.0. The smallest absolute Gasteiger partial charge is 0.309 e. The Bertz CT molecular complexity index is 1340. The van der Waals surface area contributed by atoms with Crippen LogP contribution in [0.1, 0.15) is 113 Å². The maximum atomic E-state index is 13.4. The van der Waals surface area contributed by atoms with Crippen molar-refractivity contribution in [1.82, 2.24) is 4.90 Å². The van der Waals surface area contributed by atoms with E-state index in [2.05, 4.69) is 18.7 Å². The van der Waals surface area contributed by atoms with Crippen molar-refractivity contribution in [3.63, 3.8) is 0 Å². The Hall–Kier alpha value is -1.34. The van der Waals surface area contributed by atoms with Crippen LogP contribution in [0.15, 0.2) is 0 Å². The number of esters is 2. The predicted molar refractivity (Wildman–Crippen MR) is 173 cm³/mol. The molecule has 0 aromatic rings. The minimum absolute atomic E-state index is 0.0777. The number of ether oxygens (including phenoxy) is 3. The molecule has 48 heavy (non-hydrogen) atoms. The van der Waals surface area contributed by atoms with Crippen LogP contribution in [-0.2, 0) is 23.8 Å². The third kappa shape index (κ3) is 4.07. The summed E-state index contributed by atoms with van der Waals surface area (Å²) in [4.78, 5) is 28.6. The molecule has 3 heterocycles. The van der Waals surface area contributed by atoms with E-state index >= 15 is 0 Å². The molecular formula is C37H59NO10. The Morgan fingerprint density at radius 3 is 2.04 bits per heavy atom. The first-order valence-corrected chi connectivity index (χ1v) is 18.8. The molecule has 11 nitrogen and oxygen atoms in total. The van der Waals surface area contributed by atoms with Crippen molar-refractivity contribution in [2.45, 2.75) is 165 Å². The lowest BCUT2D eigenvalue weighted by Gasteiger charge is -2.68. The lowest BCUT2D eigenvalue weighted by atomic mass is 9.48. The van der Waals surface area contributed by atoms with Gasteiger partial charge < -0.3 is 39.7 Å². The van der Waals surface area contributed by atoms with E-state index in [1.807, 2.05) is 13.8 Å². The molecule has 0 aromatic heterocycles. The number of carbonyl (C=O) groups excluding carboxylic acids is 2. The number of aliphatic hydroxyl groups is 5. The Labute approximate surface area is 284 Å². The van der Waals surface area contributed by atoms with Crippen LogP contribution in [0.5, 0.6) is 0 Å². The third-order valence-electron chi connectivity index (χ3n) is 15.6. The number of hydrogen-bond acceptors (Lipinski definition) is 11. The highest BCUT2D eigenvalue weighted by Crippen LogP contribution is 2.78. The number of hydrogen-bond donors (Lipinski definition) is 5. The molecule has 272 valence electrons. The highest BCUT2D eigenvalue weighted by atomic mass is 16.7. The van der Waals surface area contributed by atoms with Crippen molar-refractivity contribution >= 4 is 11.9 Å². The van der Waals surface area contributed by atoms with E-state index < -0.39 is 87.1 Å². The number of piperidine rings is 2. The second-order valence-corrected chi connectivity index (χ2v) is 17.8. The van der Waals surface area contributed by atoms with Gasteiger partial charge in [0.25, 0.3) is 0 Å². The molecule has 0 amide bonds. The van der Waals surface area contributed by atoms with Gasteiger partial charge >= 0.3 is 11.9 Å². The minimum Gasteiger partial charge on any atom is -0.459 e. The van der Waals surface area contributed by atoms with E-state index in [0.29, 0.717) is 57.4 Å². The normalized spacial score (nSPS) is 55.0. The summed E-state index contributed by atoms with van der Waals surface area (Å²) in [7, 11) is 0. The van der Waals surface area contributed by atoms with Gasteiger partial charge in [0.15, 0.2) is 6.10 Å². The summed E-state index contributed by atoms with van der Waals surface area (Å²) >= 11 is 0. The van der Waals surface area contributed by atoms with E-state index in [1.54, 1.807) is 20.8 Å². The van der Waals surface area contributed by atoms with Crippen molar-refractivity contribution in [1.29, 1.82) is 0 Å². The van der Waals surface area contributed by atoms with Crippen LogP contribution in [-0.4, -0.2) is 108 Å². The number of fused-ring (bicyclic) bond motifs is 5. The molecule has 4 saturated carbocycles. The molecule has 4 aliphatic carbocycles. The van der Waals surface area contributed by atoms with E-state index in [-0.39, 0.29) is 31.3 Å². The highest BCUT2D eigenvalue weighted by Gasteiger charge is 2.89. The monoisotopic (exact) mass is 677 g/mol. The predicted octanol–water partition coefficient (Wildman–Crippen LogP) is 2.67. The molecule has 4 bridgehead atoms. The topological polar surface area (TPSA) is 166 Å². The van der Waals surface area contributed by atoms with Crippen molar-refractivity contribution < 1.29 is 49.3 Å². The molecule has 16 atom stereocenters. The van der Waals surface area contributed by atoms with Gasteiger partial charge in [-0.25, -0.2) is 0 Å². The first-order chi connectivity index (χ1) is 22.3. The van der Waals surface area contributed by atoms with Crippen LogP contribution >= 0.6 is 0 Å². The second-order valence-electron chi connectivity index (χ2n) is 17.8. The lowest BCUT2D eigenvalue weighted by Crippen LogP contribution is -2.85. The first-order valence-electron chi connectivity index (χ1n) is 18.8. The van der Waals surface area contributed by atoms with Crippen molar-refractivity contribution in [3.8, 4) is 0 Å². The maximum absolute atomic E-state index is 13.4. The Morgan fingerprint density at radius 1 is 0.812 bits per heavy atom. The zero-order valence-electron chi connectivity index (χ0n) is 29.9. The average Bonchev–Trinajstić information content (AvgIpc) is 3.20.